The van der Waals surface area contributed by atoms with Gasteiger partial charge in [0.2, 0.25) is 0 Å². The molecule has 0 amide bonds. The predicted molar refractivity (Wildman–Crippen MR) is 357 cm³/mol. The highest BCUT2D eigenvalue weighted by atomic mass is 16.6. The van der Waals surface area contributed by atoms with E-state index in [9.17, 15) is 14.4 Å². The first-order valence-corrected chi connectivity index (χ1v) is 32.4. The highest BCUT2D eigenvalue weighted by Gasteiger charge is 2.19. The second-order valence-corrected chi connectivity index (χ2v) is 20.5. The molecule has 0 aromatic carbocycles. The summed E-state index contributed by atoms with van der Waals surface area (Å²) in [7, 11) is 0. The Labute approximate surface area is 503 Å². The maximum Gasteiger partial charge on any atom is 0.306 e. The second-order valence-electron chi connectivity index (χ2n) is 20.5. The van der Waals surface area contributed by atoms with Gasteiger partial charge in [-0.2, -0.15) is 0 Å². The first-order valence-electron chi connectivity index (χ1n) is 32.4. The summed E-state index contributed by atoms with van der Waals surface area (Å²) < 4.78 is 16.8. The number of hydrogen-bond donors (Lipinski definition) is 0. The second kappa shape index (κ2) is 67.8. The highest BCUT2D eigenvalue weighted by Crippen LogP contribution is 2.13. The van der Waals surface area contributed by atoms with Crippen LogP contribution in [-0.4, -0.2) is 37.2 Å². The van der Waals surface area contributed by atoms with Crippen molar-refractivity contribution in [3.63, 3.8) is 0 Å². The molecule has 0 radical (unpaired) electrons. The number of esters is 3. The van der Waals surface area contributed by atoms with Crippen LogP contribution in [0.4, 0.5) is 0 Å². The van der Waals surface area contributed by atoms with Crippen LogP contribution in [0.5, 0.6) is 0 Å². The number of carbonyl (C=O) groups excluding carboxylic acids is 3. The minimum atomic E-state index is -0.823. The third-order valence-electron chi connectivity index (χ3n) is 12.8. The molecule has 456 valence electrons. The zero-order valence-corrected chi connectivity index (χ0v) is 52.2. The molecule has 1 atom stereocenters. The summed E-state index contributed by atoms with van der Waals surface area (Å²) in [4.78, 5) is 38.2. The van der Waals surface area contributed by atoms with Crippen LogP contribution < -0.4 is 0 Å². The smallest absolute Gasteiger partial charge is 0.306 e. The van der Waals surface area contributed by atoms with E-state index in [0.29, 0.717) is 19.3 Å². The largest absolute Gasteiger partial charge is 0.462 e. The van der Waals surface area contributed by atoms with Crippen molar-refractivity contribution < 1.29 is 28.6 Å². The molecule has 6 nitrogen and oxygen atoms in total. The Bertz CT molecular complexity index is 1970. The number of allylic oxidation sites excluding steroid dienone is 32. The monoisotopic (exact) mass is 1120 g/mol. The fraction of sp³-hybridized carbons (Fsp3) is 0.539. The predicted octanol–water partition coefficient (Wildman–Crippen LogP) is 22.6. The van der Waals surface area contributed by atoms with Gasteiger partial charge in [-0.15, -0.1) is 0 Å². The van der Waals surface area contributed by atoms with Crippen molar-refractivity contribution in [2.75, 3.05) is 13.2 Å². The van der Waals surface area contributed by atoms with Crippen molar-refractivity contribution in [2.24, 2.45) is 0 Å². The average molecular weight is 1130 g/mol. The minimum Gasteiger partial charge on any atom is -0.462 e. The van der Waals surface area contributed by atoms with E-state index in [-0.39, 0.29) is 37.5 Å². The van der Waals surface area contributed by atoms with Gasteiger partial charge >= 0.3 is 17.9 Å². The summed E-state index contributed by atoms with van der Waals surface area (Å²) in [6, 6.07) is 0. The minimum absolute atomic E-state index is 0.115. The molecule has 0 saturated heterocycles. The number of rotatable bonds is 56. The Morgan fingerprint density at radius 3 is 0.768 bits per heavy atom. The number of carbonyl (C=O) groups is 3. The Kier molecular flexibility index (Phi) is 63.0. The fourth-order valence-electron chi connectivity index (χ4n) is 8.03. The lowest BCUT2D eigenvalue weighted by molar-refractivity contribution is -0.167. The van der Waals surface area contributed by atoms with Gasteiger partial charge in [0.15, 0.2) is 6.10 Å². The van der Waals surface area contributed by atoms with Crippen molar-refractivity contribution >= 4 is 17.9 Å². The molecule has 1 unspecified atom stereocenters. The third kappa shape index (κ3) is 65.1. The standard InChI is InChI=1S/C76H116O6/c1-4-7-10-13-16-19-22-24-26-28-30-32-34-36-37-38-39-41-42-44-46-48-50-52-54-57-60-63-66-69-75(78)81-72-73(71-80-74(77)68-65-62-59-56-21-18-15-12-9-6-3)82-76(79)70-67-64-61-58-55-53-51-49-47-45-43-40-35-33-31-29-27-25-23-20-17-14-11-8-5-2/h7-8,10-12,15-17,19-20,24-27,30-33,36-37,39-41,43-44,46-47,49-50,52-53,55,73H,4-6,9,13-14,18,21-23,28-29,34-35,38,42,45,48,51,54,56-72H2,1-3H3/b10-7-,11-8-,15-12-,19-16-,20-17-,26-24-,27-25-,32-30-,33-31-,37-36-,41-39-,43-40-,46-44-,49-47-,52-50-,55-53-. The highest BCUT2D eigenvalue weighted by molar-refractivity contribution is 5.71. The summed E-state index contributed by atoms with van der Waals surface area (Å²) in [6.45, 7) is 6.27. The molecule has 0 aromatic rings. The van der Waals surface area contributed by atoms with Crippen molar-refractivity contribution in [3.8, 4) is 0 Å². The molecular weight excluding hydrogens is 1010 g/mol. The molecule has 82 heavy (non-hydrogen) atoms. The third-order valence-corrected chi connectivity index (χ3v) is 12.8. The van der Waals surface area contributed by atoms with Crippen LogP contribution in [0.1, 0.15) is 245 Å². The van der Waals surface area contributed by atoms with E-state index < -0.39 is 6.10 Å². The van der Waals surface area contributed by atoms with Crippen LogP contribution in [-0.2, 0) is 28.6 Å². The summed E-state index contributed by atoms with van der Waals surface area (Å²) in [5, 5.41) is 0. The van der Waals surface area contributed by atoms with Crippen LogP contribution in [0, 0.1) is 0 Å². The van der Waals surface area contributed by atoms with Crippen LogP contribution in [0.25, 0.3) is 0 Å². The molecule has 0 heterocycles. The van der Waals surface area contributed by atoms with Gasteiger partial charge in [-0.25, -0.2) is 0 Å². The normalized spacial score (nSPS) is 13.5. The van der Waals surface area contributed by atoms with Crippen LogP contribution in [0.2, 0.25) is 0 Å². The lowest BCUT2D eigenvalue weighted by Crippen LogP contribution is -2.30. The maximum absolute atomic E-state index is 12.9. The fourth-order valence-corrected chi connectivity index (χ4v) is 8.03. The summed E-state index contributed by atoms with van der Waals surface area (Å²) in [6.07, 6.45) is 103. The quantitative estimate of drug-likeness (QED) is 0.0261. The van der Waals surface area contributed by atoms with E-state index in [1.807, 2.05) is 0 Å². The molecule has 0 aliphatic carbocycles. The Morgan fingerprint density at radius 2 is 0.476 bits per heavy atom. The molecule has 0 rings (SSSR count). The first-order chi connectivity index (χ1) is 40.5. The topological polar surface area (TPSA) is 78.9 Å². The molecular formula is C76H116O6. The van der Waals surface area contributed by atoms with E-state index in [0.717, 1.165) is 186 Å². The maximum atomic E-state index is 12.9. The molecule has 0 saturated carbocycles. The zero-order chi connectivity index (χ0) is 59.2. The SMILES string of the molecule is CC/C=C\C/C=C\C/C=C\C/C=C\C/C=C\C/C=C\C/C=C\C/C=C\CCCCCCC(=O)OCC(COC(=O)CCCCCCC/C=C\CCC)OC(=O)CCCCC/C=C\C/C=C\C/C=C\C/C=C\C/C=C\C/C=C\C/C=C\CC. The van der Waals surface area contributed by atoms with Gasteiger partial charge in [0.05, 0.1) is 0 Å². The summed E-state index contributed by atoms with van der Waals surface area (Å²) in [5.41, 5.74) is 0. The number of unbranched alkanes of at least 4 members (excludes halogenated alkanes) is 13. The van der Waals surface area contributed by atoms with E-state index in [2.05, 4.69) is 215 Å². The molecule has 0 aliphatic heterocycles. The molecule has 0 spiro atoms. The van der Waals surface area contributed by atoms with Gasteiger partial charge in [-0.1, -0.05) is 260 Å². The molecule has 6 heteroatoms. The lowest BCUT2D eigenvalue weighted by atomic mass is 10.1. The zero-order valence-electron chi connectivity index (χ0n) is 52.2. The van der Waals surface area contributed by atoms with E-state index in [4.69, 9.17) is 14.2 Å². The summed E-state index contributed by atoms with van der Waals surface area (Å²) in [5.74, 6) is -0.995. The first kappa shape index (κ1) is 76.2. The van der Waals surface area contributed by atoms with Gasteiger partial charge < -0.3 is 14.2 Å². The van der Waals surface area contributed by atoms with E-state index >= 15 is 0 Å². The van der Waals surface area contributed by atoms with Crippen LogP contribution >= 0.6 is 0 Å². The molecule has 0 N–H and O–H groups in total. The van der Waals surface area contributed by atoms with Gasteiger partial charge in [0.25, 0.3) is 0 Å². The average Bonchev–Trinajstić information content (AvgIpc) is 3.48. The van der Waals surface area contributed by atoms with Gasteiger partial charge in [0.1, 0.15) is 13.2 Å². The lowest BCUT2D eigenvalue weighted by Gasteiger charge is -2.18. The molecule has 0 aliphatic rings. The molecule has 0 bridgehead atoms. The Hall–Kier alpha value is -5.75. The van der Waals surface area contributed by atoms with E-state index in [1.54, 1.807) is 0 Å². The number of ether oxygens (including phenoxy) is 3. The van der Waals surface area contributed by atoms with Crippen molar-refractivity contribution in [3.05, 3.63) is 194 Å². The van der Waals surface area contributed by atoms with Crippen LogP contribution in [0.3, 0.4) is 0 Å². The van der Waals surface area contributed by atoms with Gasteiger partial charge in [-0.05, 0) is 161 Å². The van der Waals surface area contributed by atoms with Crippen molar-refractivity contribution in [1.82, 2.24) is 0 Å². The molecule has 0 fully saturated rings. The van der Waals surface area contributed by atoms with Crippen LogP contribution in [0.15, 0.2) is 194 Å². The summed E-state index contributed by atoms with van der Waals surface area (Å²) >= 11 is 0. The Balaban J connectivity index is 4.43. The Morgan fingerprint density at radius 1 is 0.256 bits per heavy atom. The van der Waals surface area contributed by atoms with E-state index in [1.165, 1.54) is 12.8 Å². The van der Waals surface area contributed by atoms with Gasteiger partial charge in [-0.3, -0.25) is 14.4 Å². The van der Waals surface area contributed by atoms with Crippen molar-refractivity contribution in [1.29, 1.82) is 0 Å². The van der Waals surface area contributed by atoms with Crippen molar-refractivity contribution in [2.45, 2.75) is 252 Å². The number of hydrogen-bond acceptors (Lipinski definition) is 6. The van der Waals surface area contributed by atoms with Gasteiger partial charge in [0, 0.05) is 19.3 Å². The molecule has 0 aromatic heterocycles.